The lowest BCUT2D eigenvalue weighted by atomic mass is 10.1. The van der Waals surface area contributed by atoms with Crippen LogP contribution in [0.1, 0.15) is 12.8 Å². The fourth-order valence-electron chi connectivity index (χ4n) is 1.69. The minimum Gasteiger partial charge on any atom is -0.354 e. The highest BCUT2D eigenvalue weighted by Crippen LogP contribution is 2.30. The first-order valence-electron chi connectivity index (χ1n) is 4.92. The van der Waals surface area contributed by atoms with Gasteiger partial charge in [-0.15, -0.1) is 0 Å². The van der Waals surface area contributed by atoms with Crippen LogP contribution in [0.3, 0.4) is 0 Å². The van der Waals surface area contributed by atoms with Gasteiger partial charge in [-0.25, -0.2) is 18.2 Å². The molecule has 0 radical (unpaired) electrons. The van der Waals surface area contributed by atoms with Gasteiger partial charge in [0.1, 0.15) is 0 Å². The second kappa shape index (κ2) is 4.38. The van der Waals surface area contributed by atoms with E-state index >= 15 is 0 Å². The zero-order chi connectivity index (χ0) is 11.8. The van der Waals surface area contributed by atoms with Crippen LogP contribution in [0.4, 0.5) is 19.0 Å². The summed E-state index contributed by atoms with van der Waals surface area (Å²) >= 11 is 1.96. The molecule has 0 spiro atoms. The van der Waals surface area contributed by atoms with E-state index in [9.17, 15) is 13.2 Å². The highest BCUT2D eigenvalue weighted by atomic mass is 127. The van der Waals surface area contributed by atoms with Gasteiger partial charge in [-0.3, -0.25) is 0 Å². The molecule has 88 valence electrons. The summed E-state index contributed by atoms with van der Waals surface area (Å²) < 4.78 is 40.1. The molecule has 6 heteroatoms. The normalized spacial score (nSPS) is 19.9. The summed E-state index contributed by atoms with van der Waals surface area (Å²) in [4.78, 5) is 5.52. The average Bonchev–Trinajstić information content (AvgIpc) is 2.19. The third-order valence-corrected chi connectivity index (χ3v) is 3.17. The Kier molecular flexibility index (Phi) is 3.27. The lowest BCUT2D eigenvalue weighted by Crippen LogP contribution is -2.40. The predicted molar refractivity (Wildman–Crippen MR) is 63.3 cm³/mol. The fourth-order valence-corrected chi connectivity index (χ4v) is 2.10. The maximum atomic E-state index is 13.5. The topological polar surface area (TPSA) is 16.1 Å². The van der Waals surface area contributed by atoms with Gasteiger partial charge in [0.25, 0.3) is 5.92 Å². The van der Waals surface area contributed by atoms with E-state index < -0.39 is 11.7 Å². The SMILES string of the molecule is Fc1cc(I)cnc1N1CCC(F)(F)CC1. The van der Waals surface area contributed by atoms with E-state index in [1.807, 2.05) is 22.6 Å². The Morgan fingerprint density at radius 2 is 1.94 bits per heavy atom. The van der Waals surface area contributed by atoms with Gasteiger partial charge < -0.3 is 4.90 Å². The van der Waals surface area contributed by atoms with Crippen LogP contribution < -0.4 is 4.90 Å². The van der Waals surface area contributed by atoms with Crippen molar-refractivity contribution >= 4 is 28.4 Å². The van der Waals surface area contributed by atoms with Crippen LogP contribution in [0.15, 0.2) is 12.3 Å². The number of nitrogens with zero attached hydrogens (tertiary/aromatic N) is 2. The Morgan fingerprint density at radius 1 is 1.31 bits per heavy atom. The molecule has 0 atom stereocenters. The van der Waals surface area contributed by atoms with E-state index in [1.54, 1.807) is 4.90 Å². The molecule has 2 rings (SSSR count). The molecule has 0 N–H and O–H groups in total. The highest BCUT2D eigenvalue weighted by Gasteiger charge is 2.35. The summed E-state index contributed by atoms with van der Waals surface area (Å²) in [6, 6.07) is 1.36. The van der Waals surface area contributed by atoms with Crippen LogP contribution in [0.5, 0.6) is 0 Å². The molecule has 0 amide bonds. The van der Waals surface area contributed by atoms with Crippen LogP contribution in [0.25, 0.3) is 0 Å². The Bertz CT molecular complexity index is 388. The fraction of sp³-hybridized carbons (Fsp3) is 0.500. The summed E-state index contributed by atoms with van der Waals surface area (Å²) in [5.74, 6) is -2.89. The lowest BCUT2D eigenvalue weighted by molar-refractivity contribution is -0.0222. The van der Waals surface area contributed by atoms with E-state index in [0.717, 1.165) is 0 Å². The lowest BCUT2D eigenvalue weighted by Gasteiger charge is -2.32. The molecular formula is C10H10F3IN2. The molecule has 0 saturated carbocycles. The Balaban J connectivity index is 2.14. The molecule has 2 heterocycles. The van der Waals surface area contributed by atoms with Crippen molar-refractivity contribution in [2.24, 2.45) is 0 Å². The number of aromatic nitrogens is 1. The largest absolute Gasteiger partial charge is 0.354 e. The molecule has 1 aliphatic rings. The molecule has 1 saturated heterocycles. The van der Waals surface area contributed by atoms with Crippen molar-refractivity contribution in [2.45, 2.75) is 18.8 Å². The summed E-state index contributed by atoms with van der Waals surface area (Å²) in [6.07, 6.45) is 1.06. The summed E-state index contributed by atoms with van der Waals surface area (Å²) in [6.45, 7) is 0.301. The molecule has 1 fully saturated rings. The highest BCUT2D eigenvalue weighted by molar-refractivity contribution is 14.1. The predicted octanol–water partition coefficient (Wildman–Crippen LogP) is 3.06. The van der Waals surface area contributed by atoms with Crippen LogP contribution in [0, 0.1) is 9.39 Å². The van der Waals surface area contributed by atoms with Crippen molar-refractivity contribution in [3.05, 3.63) is 21.7 Å². The van der Waals surface area contributed by atoms with Crippen LogP contribution >= 0.6 is 22.6 Å². The third-order valence-electron chi connectivity index (χ3n) is 2.58. The second-order valence-electron chi connectivity index (χ2n) is 3.80. The van der Waals surface area contributed by atoms with E-state index in [2.05, 4.69) is 4.98 Å². The van der Waals surface area contributed by atoms with E-state index in [1.165, 1.54) is 12.3 Å². The number of rotatable bonds is 1. The number of hydrogen-bond acceptors (Lipinski definition) is 2. The maximum absolute atomic E-state index is 13.5. The zero-order valence-electron chi connectivity index (χ0n) is 8.39. The average molecular weight is 342 g/mol. The third kappa shape index (κ3) is 2.58. The quantitative estimate of drug-likeness (QED) is 0.730. The molecule has 0 aliphatic carbocycles. The maximum Gasteiger partial charge on any atom is 0.251 e. The van der Waals surface area contributed by atoms with Crippen molar-refractivity contribution in [3.63, 3.8) is 0 Å². The minimum atomic E-state index is -2.61. The number of halogens is 4. The van der Waals surface area contributed by atoms with Crippen molar-refractivity contribution < 1.29 is 13.2 Å². The van der Waals surface area contributed by atoms with Crippen molar-refractivity contribution in [3.8, 4) is 0 Å². The van der Waals surface area contributed by atoms with Gasteiger partial charge in [0.05, 0.1) is 0 Å². The first-order chi connectivity index (χ1) is 7.48. The first-order valence-corrected chi connectivity index (χ1v) is 6.00. The van der Waals surface area contributed by atoms with Gasteiger partial charge in [-0.2, -0.15) is 0 Å². The van der Waals surface area contributed by atoms with Crippen LogP contribution in [0.2, 0.25) is 0 Å². The van der Waals surface area contributed by atoms with Gasteiger partial charge in [0.2, 0.25) is 0 Å². The van der Waals surface area contributed by atoms with Crippen LogP contribution in [-0.2, 0) is 0 Å². The molecule has 0 bridgehead atoms. The molecule has 0 aromatic carbocycles. The Hall–Kier alpha value is -0.530. The van der Waals surface area contributed by atoms with Crippen molar-refractivity contribution in [1.29, 1.82) is 0 Å². The monoisotopic (exact) mass is 342 g/mol. The van der Waals surface area contributed by atoms with Gasteiger partial charge in [-0.05, 0) is 28.7 Å². The number of hydrogen-bond donors (Lipinski definition) is 0. The zero-order valence-corrected chi connectivity index (χ0v) is 10.5. The van der Waals surface area contributed by atoms with E-state index in [-0.39, 0.29) is 31.7 Å². The number of alkyl halides is 2. The number of anilines is 1. The number of pyridine rings is 1. The molecule has 2 nitrogen and oxygen atoms in total. The molecular weight excluding hydrogens is 332 g/mol. The smallest absolute Gasteiger partial charge is 0.251 e. The first kappa shape index (κ1) is 11.9. The van der Waals surface area contributed by atoms with Crippen molar-refractivity contribution in [2.75, 3.05) is 18.0 Å². The van der Waals surface area contributed by atoms with Gasteiger partial charge in [-0.1, -0.05) is 0 Å². The van der Waals surface area contributed by atoms with E-state index in [4.69, 9.17) is 0 Å². The molecule has 1 aliphatic heterocycles. The van der Waals surface area contributed by atoms with Crippen LogP contribution in [-0.4, -0.2) is 24.0 Å². The minimum absolute atomic E-state index is 0.150. The van der Waals surface area contributed by atoms with Crippen molar-refractivity contribution in [1.82, 2.24) is 4.98 Å². The Morgan fingerprint density at radius 3 is 2.50 bits per heavy atom. The molecule has 16 heavy (non-hydrogen) atoms. The summed E-state index contributed by atoms with van der Waals surface area (Å²) in [5, 5.41) is 0. The molecule has 0 unspecified atom stereocenters. The molecule has 1 aromatic rings. The Labute approximate surface area is 105 Å². The summed E-state index contributed by atoms with van der Waals surface area (Å²) in [7, 11) is 0. The van der Waals surface area contributed by atoms with E-state index in [0.29, 0.717) is 3.57 Å². The number of piperidine rings is 1. The summed E-state index contributed by atoms with van der Waals surface area (Å²) in [5.41, 5.74) is 0. The second-order valence-corrected chi connectivity index (χ2v) is 5.05. The standard InChI is InChI=1S/C10H10F3IN2/c11-8-5-7(14)6-15-9(8)16-3-1-10(12,13)2-4-16/h5-6H,1-4H2. The van der Waals surface area contributed by atoms with Gasteiger partial charge >= 0.3 is 0 Å². The van der Waals surface area contributed by atoms with Gasteiger partial charge in [0, 0.05) is 35.7 Å². The van der Waals surface area contributed by atoms with Gasteiger partial charge in [0.15, 0.2) is 11.6 Å². The molecule has 1 aromatic heterocycles.